The predicted octanol–water partition coefficient (Wildman–Crippen LogP) is 4.98. The van der Waals surface area contributed by atoms with Gasteiger partial charge >= 0.3 is 0 Å². The number of likely N-dealkylation sites (tertiary alicyclic amines) is 1. The molecule has 152 valence electrons. The van der Waals surface area contributed by atoms with E-state index in [0.717, 1.165) is 18.8 Å². The van der Waals surface area contributed by atoms with Crippen LogP contribution < -0.4 is 10.1 Å². The van der Waals surface area contributed by atoms with Gasteiger partial charge in [0.25, 0.3) is 5.91 Å². The molecule has 5 heteroatoms. The summed E-state index contributed by atoms with van der Waals surface area (Å²) in [5.41, 5.74) is 1.27. The van der Waals surface area contributed by atoms with Crippen LogP contribution in [0.5, 0.6) is 5.75 Å². The van der Waals surface area contributed by atoms with Crippen molar-refractivity contribution in [1.29, 1.82) is 0 Å². The maximum absolute atomic E-state index is 12.4. The lowest BCUT2D eigenvalue weighted by molar-refractivity contribution is -0.123. The third kappa shape index (κ3) is 6.08. The fraction of sp³-hybridized carbons (Fsp3) is 0.522. The minimum Gasteiger partial charge on any atom is -0.484 e. The first-order valence-electron chi connectivity index (χ1n) is 10.4. The Kier molecular flexibility index (Phi) is 7.92. The number of carbonyl (C=O) groups is 1. The van der Waals surface area contributed by atoms with E-state index >= 15 is 0 Å². The van der Waals surface area contributed by atoms with Crippen LogP contribution in [0.2, 0.25) is 0 Å². The first-order chi connectivity index (χ1) is 13.6. The molecular formula is C23H32N2O2S. The van der Waals surface area contributed by atoms with Gasteiger partial charge in [-0.05, 0) is 61.0 Å². The Balaban J connectivity index is 1.51. The molecule has 1 fully saturated rings. The summed E-state index contributed by atoms with van der Waals surface area (Å²) < 4.78 is 5.67. The molecule has 1 atom stereocenters. The van der Waals surface area contributed by atoms with Gasteiger partial charge in [0, 0.05) is 11.4 Å². The summed E-state index contributed by atoms with van der Waals surface area (Å²) in [5, 5.41) is 5.21. The first kappa shape index (κ1) is 20.9. The van der Waals surface area contributed by atoms with E-state index in [1.165, 1.54) is 36.1 Å². The largest absolute Gasteiger partial charge is 0.484 e. The van der Waals surface area contributed by atoms with Crippen molar-refractivity contribution < 1.29 is 9.53 Å². The second kappa shape index (κ2) is 10.6. The van der Waals surface area contributed by atoms with Crippen molar-refractivity contribution in [3.63, 3.8) is 0 Å². The Morgan fingerprint density at radius 3 is 2.43 bits per heavy atom. The van der Waals surface area contributed by atoms with Gasteiger partial charge in [0.1, 0.15) is 5.75 Å². The molecule has 1 aliphatic heterocycles. The highest BCUT2D eigenvalue weighted by atomic mass is 32.1. The smallest absolute Gasteiger partial charge is 0.258 e. The Hall–Kier alpha value is -1.85. The first-order valence-corrected chi connectivity index (χ1v) is 11.3. The van der Waals surface area contributed by atoms with Crippen molar-refractivity contribution in [1.82, 2.24) is 10.2 Å². The summed E-state index contributed by atoms with van der Waals surface area (Å²) in [6.45, 7) is 7.23. The van der Waals surface area contributed by atoms with Crippen LogP contribution in [0.25, 0.3) is 0 Å². The zero-order chi connectivity index (χ0) is 19.8. The number of carbonyl (C=O) groups excluding carboxylic acids is 1. The monoisotopic (exact) mass is 400 g/mol. The van der Waals surface area contributed by atoms with E-state index in [4.69, 9.17) is 4.74 Å². The minimum absolute atomic E-state index is 0.0538. The quantitative estimate of drug-likeness (QED) is 0.679. The number of benzene rings is 1. The van der Waals surface area contributed by atoms with E-state index in [1.807, 2.05) is 12.1 Å². The topological polar surface area (TPSA) is 41.6 Å². The van der Waals surface area contributed by atoms with E-state index in [2.05, 4.69) is 53.7 Å². The summed E-state index contributed by atoms with van der Waals surface area (Å²) >= 11 is 1.77. The molecule has 2 aromatic rings. The summed E-state index contributed by atoms with van der Waals surface area (Å²) in [6, 6.07) is 12.5. The molecule has 0 aliphatic carbocycles. The van der Waals surface area contributed by atoms with E-state index in [9.17, 15) is 4.79 Å². The van der Waals surface area contributed by atoms with Crippen molar-refractivity contribution in [2.45, 2.75) is 51.5 Å². The summed E-state index contributed by atoms with van der Waals surface area (Å²) in [4.78, 5) is 16.2. The number of nitrogens with zero attached hydrogens (tertiary/aromatic N) is 1. The summed E-state index contributed by atoms with van der Waals surface area (Å²) in [6.07, 6.45) is 5.10. The van der Waals surface area contributed by atoms with Gasteiger partial charge in [-0.25, -0.2) is 0 Å². The molecular weight excluding hydrogens is 368 g/mol. The van der Waals surface area contributed by atoms with Gasteiger partial charge in [0.15, 0.2) is 6.61 Å². The van der Waals surface area contributed by atoms with E-state index in [0.29, 0.717) is 12.5 Å². The van der Waals surface area contributed by atoms with Crippen molar-refractivity contribution >= 4 is 17.2 Å². The van der Waals surface area contributed by atoms with E-state index in [-0.39, 0.29) is 18.6 Å². The fourth-order valence-corrected chi connectivity index (χ4v) is 4.52. The molecule has 2 heterocycles. The Bertz CT molecular complexity index is 705. The number of amides is 1. The highest BCUT2D eigenvalue weighted by Gasteiger charge is 2.23. The second-order valence-electron chi connectivity index (χ2n) is 7.80. The van der Waals surface area contributed by atoms with E-state index in [1.54, 1.807) is 11.3 Å². The maximum Gasteiger partial charge on any atom is 0.258 e. The third-order valence-electron chi connectivity index (χ3n) is 5.36. The van der Waals surface area contributed by atoms with E-state index < -0.39 is 0 Å². The average Bonchev–Trinajstić information content (AvgIpc) is 3.09. The Morgan fingerprint density at radius 1 is 1.11 bits per heavy atom. The van der Waals surface area contributed by atoms with Crippen molar-refractivity contribution in [2.24, 2.45) is 0 Å². The molecule has 4 nitrogen and oxygen atoms in total. The second-order valence-corrected chi connectivity index (χ2v) is 8.78. The maximum atomic E-state index is 12.4. The molecule has 28 heavy (non-hydrogen) atoms. The van der Waals surface area contributed by atoms with Crippen LogP contribution >= 0.6 is 11.3 Å². The molecule has 1 aromatic carbocycles. The van der Waals surface area contributed by atoms with Crippen LogP contribution in [-0.2, 0) is 4.79 Å². The number of ether oxygens (including phenoxy) is 1. The highest BCUT2D eigenvalue weighted by Crippen LogP contribution is 2.27. The van der Waals surface area contributed by atoms with Crippen LogP contribution in [0.15, 0.2) is 41.8 Å². The van der Waals surface area contributed by atoms with Crippen LogP contribution in [0, 0.1) is 0 Å². The number of rotatable bonds is 8. The molecule has 1 N–H and O–H groups in total. The Labute approximate surface area is 172 Å². The normalized spacial score (nSPS) is 16.5. The standard InChI is InChI=1S/C23H32N2O2S/c1-18(2)19-9-11-20(12-10-19)27-17-23(26)24-16-21(22-8-7-15-28-22)25-13-5-3-4-6-14-25/h7-12,15,18,21H,3-6,13-14,16-17H2,1-2H3,(H,24,26). The zero-order valence-corrected chi connectivity index (χ0v) is 17.8. The van der Waals surface area contributed by atoms with Gasteiger partial charge < -0.3 is 10.1 Å². The third-order valence-corrected chi connectivity index (χ3v) is 6.34. The van der Waals surface area contributed by atoms with Crippen LogP contribution in [0.3, 0.4) is 0 Å². The molecule has 0 bridgehead atoms. The van der Waals surface area contributed by atoms with Gasteiger partial charge in [0.2, 0.25) is 0 Å². The lowest BCUT2D eigenvalue weighted by Gasteiger charge is -2.30. The molecule has 1 unspecified atom stereocenters. The highest BCUT2D eigenvalue weighted by molar-refractivity contribution is 7.10. The van der Waals surface area contributed by atoms with Gasteiger partial charge in [-0.3, -0.25) is 9.69 Å². The SMILES string of the molecule is CC(C)c1ccc(OCC(=O)NCC(c2cccs2)N2CCCCCC2)cc1. The summed E-state index contributed by atoms with van der Waals surface area (Å²) in [5.74, 6) is 1.16. The van der Waals surface area contributed by atoms with Crippen molar-refractivity contribution in [3.05, 3.63) is 52.2 Å². The van der Waals surface area contributed by atoms with Crippen molar-refractivity contribution in [2.75, 3.05) is 26.2 Å². The molecule has 0 spiro atoms. The zero-order valence-electron chi connectivity index (χ0n) is 17.0. The Morgan fingerprint density at radius 2 is 1.82 bits per heavy atom. The lowest BCUT2D eigenvalue weighted by Crippen LogP contribution is -2.39. The molecule has 1 amide bonds. The average molecular weight is 401 g/mol. The molecule has 3 rings (SSSR count). The van der Waals surface area contributed by atoms with Gasteiger partial charge in [-0.2, -0.15) is 0 Å². The number of hydrogen-bond donors (Lipinski definition) is 1. The van der Waals surface area contributed by atoms with Crippen LogP contribution in [-0.4, -0.2) is 37.0 Å². The minimum atomic E-state index is -0.0654. The van der Waals surface area contributed by atoms with Gasteiger partial charge in [-0.1, -0.05) is 44.9 Å². The molecule has 1 aliphatic rings. The molecule has 1 aromatic heterocycles. The summed E-state index contributed by atoms with van der Waals surface area (Å²) in [7, 11) is 0. The van der Waals surface area contributed by atoms with Gasteiger partial charge in [-0.15, -0.1) is 11.3 Å². The number of thiophene rings is 1. The number of nitrogens with one attached hydrogen (secondary N) is 1. The van der Waals surface area contributed by atoms with Gasteiger partial charge in [0.05, 0.1) is 6.04 Å². The number of hydrogen-bond acceptors (Lipinski definition) is 4. The lowest BCUT2D eigenvalue weighted by atomic mass is 10.0. The van der Waals surface area contributed by atoms with Crippen molar-refractivity contribution in [3.8, 4) is 5.75 Å². The molecule has 0 radical (unpaired) electrons. The van der Waals surface area contributed by atoms with Crippen LogP contribution in [0.1, 0.15) is 61.9 Å². The fourth-order valence-electron chi connectivity index (χ4n) is 3.66. The molecule has 0 saturated carbocycles. The molecule has 1 saturated heterocycles. The van der Waals surface area contributed by atoms with Crippen LogP contribution in [0.4, 0.5) is 0 Å². The predicted molar refractivity (Wildman–Crippen MR) is 116 cm³/mol.